The molecule has 18 heavy (non-hydrogen) atoms. The van der Waals surface area contributed by atoms with Crippen LogP contribution in [0, 0.1) is 11.8 Å². The van der Waals surface area contributed by atoms with Gasteiger partial charge >= 0.3 is 6.01 Å². The van der Waals surface area contributed by atoms with Gasteiger partial charge < -0.3 is 10.1 Å². The van der Waals surface area contributed by atoms with Gasteiger partial charge in [-0.3, -0.25) is 5.43 Å². The first-order chi connectivity index (χ1) is 8.71. The fraction of sp³-hybridized carbons (Fsp3) is 0.727. The van der Waals surface area contributed by atoms with E-state index in [0.717, 1.165) is 12.5 Å². The Labute approximate surface area is 107 Å². The van der Waals surface area contributed by atoms with Crippen molar-refractivity contribution in [3.63, 3.8) is 0 Å². The van der Waals surface area contributed by atoms with E-state index >= 15 is 0 Å². The van der Waals surface area contributed by atoms with Crippen LogP contribution in [0.3, 0.4) is 0 Å². The van der Waals surface area contributed by atoms with Crippen LogP contribution in [0.25, 0.3) is 0 Å². The molecule has 0 aromatic carbocycles. The van der Waals surface area contributed by atoms with Crippen molar-refractivity contribution in [2.24, 2.45) is 17.7 Å². The van der Waals surface area contributed by atoms with Gasteiger partial charge in [-0.15, -0.1) is 0 Å². The molecule has 0 amide bonds. The van der Waals surface area contributed by atoms with Crippen molar-refractivity contribution in [1.29, 1.82) is 0 Å². The van der Waals surface area contributed by atoms with Crippen molar-refractivity contribution in [2.45, 2.75) is 26.2 Å². The SMILES string of the molecule is COc1nc(NN)nc(NCC2CCC(C)C2)n1. The average Bonchev–Trinajstić information content (AvgIpc) is 2.81. The van der Waals surface area contributed by atoms with Gasteiger partial charge in [0.2, 0.25) is 11.9 Å². The largest absolute Gasteiger partial charge is 0.467 e. The van der Waals surface area contributed by atoms with Gasteiger partial charge in [0.15, 0.2) is 0 Å². The third kappa shape index (κ3) is 3.19. The normalized spacial score (nSPS) is 22.8. The van der Waals surface area contributed by atoms with Gasteiger partial charge in [0.25, 0.3) is 0 Å². The first-order valence-electron chi connectivity index (χ1n) is 6.21. The molecule has 0 aliphatic heterocycles. The summed E-state index contributed by atoms with van der Waals surface area (Å²) in [5.41, 5.74) is 2.39. The molecule has 4 N–H and O–H groups in total. The van der Waals surface area contributed by atoms with Crippen LogP contribution < -0.4 is 21.3 Å². The number of methoxy groups -OCH3 is 1. The highest BCUT2D eigenvalue weighted by Crippen LogP contribution is 2.30. The summed E-state index contributed by atoms with van der Waals surface area (Å²) in [6.07, 6.45) is 3.83. The molecule has 7 heteroatoms. The number of anilines is 2. The Hall–Kier alpha value is -1.63. The molecule has 1 aliphatic rings. The number of ether oxygens (including phenoxy) is 1. The van der Waals surface area contributed by atoms with Crippen LogP contribution in [-0.2, 0) is 0 Å². The van der Waals surface area contributed by atoms with Crippen LogP contribution in [0.15, 0.2) is 0 Å². The zero-order chi connectivity index (χ0) is 13.0. The number of hydrazine groups is 1. The Bertz CT molecular complexity index is 377. The summed E-state index contributed by atoms with van der Waals surface area (Å²) in [5.74, 6) is 7.60. The van der Waals surface area contributed by atoms with Crippen molar-refractivity contribution < 1.29 is 4.74 Å². The second-order valence-electron chi connectivity index (χ2n) is 4.78. The smallest absolute Gasteiger partial charge is 0.322 e. The fourth-order valence-electron chi connectivity index (χ4n) is 2.34. The van der Waals surface area contributed by atoms with Gasteiger partial charge in [-0.2, -0.15) is 15.0 Å². The monoisotopic (exact) mass is 252 g/mol. The predicted molar refractivity (Wildman–Crippen MR) is 69.2 cm³/mol. The number of nitrogen functional groups attached to an aromatic ring is 1. The number of hydrogen-bond acceptors (Lipinski definition) is 7. The molecule has 0 bridgehead atoms. The Morgan fingerprint density at radius 1 is 1.28 bits per heavy atom. The molecule has 0 saturated heterocycles. The lowest BCUT2D eigenvalue weighted by molar-refractivity contribution is 0.379. The lowest BCUT2D eigenvalue weighted by Gasteiger charge is -2.11. The Morgan fingerprint density at radius 3 is 2.67 bits per heavy atom. The lowest BCUT2D eigenvalue weighted by Crippen LogP contribution is -2.17. The maximum Gasteiger partial charge on any atom is 0.322 e. The number of nitrogens with one attached hydrogen (secondary N) is 2. The topological polar surface area (TPSA) is 98.0 Å². The highest BCUT2D eigenvalue weighted by Gasteiger charge is 2.21. The van der Waals surface area contributed by atoms with E-state index < -0.39 is 0 Å². The molecule has 2 rings (SSSR count). The van der Waals surface area contributed by atoms with Crippen LogP contribution in [0.4, 0.5) is 11.9 Å². The van der Waals surface area contributed by atoms with Gasteiger partial charge in [0.05, 0.1) is 7.11 Å². The first kappa shape index (κ1) is 12.8. The minimum Gasteiger partial charge on any atom is -0.467 e. The van der Waals surface area contributed by atoms with Gasteiger partial charge in [-0.1, -0.05) is 13.3 Å². The third-order valence-electron chi connectivity index (χ3n) is 3.28. The number of rotatable bonds is 5. The molecule has 1 saturated carbocycles. The maximum atomic E-state index is 5.29. The summed E-state index contributed by atoms with van der Waals surface area (Å²) in [7, 11) is 1.51. The van der Waals surface area contributed by atoms with Gasteiger partial charge in [-0.05, 0) is 24.7 Å². The summed E-state index contributed by atoms with van der Waals surface area (Å²) in [6.45, 7) is 3.17. The van der Waals surface area contributed by atoms with Crippen molar-refractivity contribution >= 4 is 11.9 Å². The van der Waals surface area contributed by atoms with Crippen molar-refractivity contribution in [3.8, 4) is 6.01 Å². The summed E-state index contributed by atoms with van der Waals surface area (Å²) in [4.78, 5) is 12.2. The van der Waals surface area contributed by atoms with E-state index in [1.807, 2.05) is 0 Å². The highest BCUT2D eigenvalue weighted by molar-refractivity contribution is 5.34. The molecule has 1 fully saturated rings. The van der Waals surface area contributed by atoms with Gasteiger partial charge in [-0.25, -0.2) is 5.84 Å². The van der Waals surface area contributed by atoms with Crippen molar-refractivity contribution in [2.75, 3.05) is 24.4 Å². The quantitative estimate of drug-likeness (QED) is 0.531. The molecule has 2 atom stereocenters. The number of nitrogens with two attached hydrogens (primary N) is 1. The molecule has 7 nitrogen and oxygen atoms in total. The van der Waals surface area contributed by atoms with E-state index in [4.69, 9.17) is 10.6 Å². The second-order valence-corrected chi connectivity index (χ2v) is 4.78. The van der Waals surface area contributed by atoms with Crippen molar-refractivity contribution in [3.05, 3.63) is 0 Å². The number of aromatic nitrogens is 3. The van der Waals surface area contributed by atoms with Crippen LogP contribution in [0.2, 0.25) is 0 Å². The minimum atomic E-state index is 0.250. The molecule has 1 aromatic heterocycles. The molecule has 0 radical (unpaired) electrons. The van der Waals surface area contributed by atoms with Gasteiger partial charge in [0, 0.05) is 6.54 Å². The van der Waals surface area contributed by atoms with Crippen LogP contribution in [0.1, 0.15) is 26.2 Å². The minimum absolute atomic E-state index is 0.250. The number of hydrogen-bond donors (Lipinski definition) is 3. The predicted octanol–water partition coefficient (Wildman–Crippen LogP) is 1.01. The number of nitrogens with zero attached hydrogens (tertiary/aromatic N) is 3. The summed E-state index contributed by atoms with van der Waals surface area (Å²) in [5, 5.41) is 3.22. The van der Waals surface area contributed by atoms with Crippen LogP contribution >= 0.6 is 0 Å². The highest BCUT2D eigenvalue weighted by atomic mass is 16.5. The van der Waals surface area contributed by atoms with E-state index in [9.17, 15) is 0 Å². The summed E-state index contributed by atoms with van der Waals surface area (Å²) >= 11 is 0. The lowest BCUT2D eigenvalue weighted by atomic mass is 10.1. The zero-order valence-corrected chi connectivity index (χ0v) is 10.8. The summed E-state index contributed by atoms with van der Waals surface area (Å²) in [6, 6.07) is 0.250. The first-order valence-corrected chi connectivity index (χ1v) is 6.21. The fourth-order valence-corrected chi connectivity index (χ4v) is 2.34. The molecule has 0 spiro atoms. The Balaban J connectivity index is 1.95. The van der Waals surface area contributed by atoms with E-state index in [1.54, 1.807) is 0 Å². The van der Waals surface area contributed by atoms with Crippen molar-refractivity contribution in [1.82, 2.24) is 15.0 Å². The third-order valence-corrected chi connectivity index (χ3v) is 3.28. The molecule has 1 aliphatic carbocycles. The molecule has 100 valence electrons. The molecule has 2 unspecified atom stereocenters. The second kappa shape index (κ2) is 5.81. The Morgan fingerprint density at radius 2 is 2.06 bits per heavy atom. The van der Waals surface area contributed by atoms with E-state index in [0.29, 0.717) is 17.8 Å². The summed E-state index contributed by atoms with van der Waals surface area (Å²) < 4.78 is 4.99. The Kier molecular flexibility index (Phi) is 4.14. The van der Waals surface area contributed by atoms with Gasteiger partial charge in [0.1, 0.15) is 0 Å². The van der Waals surface area contributed by atoms with Crippen LogP contribution in [0.5, 0.6) is 6.01 Å². The molecule has 1 aromatic rings. The van der Waals surface area contributed by atoms with E-state index in [2.05, 4.69) is 32.6 Å². The van der Waals surface area contributed by atoms with Crippen LogP contribution in [-0.4, -0.2) is 28.6 Å². The zero-order valence-electron chi connectivity index (χ0n) is 10.8. The maximum absolute atomic E-state index is 5.29. The molecule has 1 heterocycles. The molecular weight excluding hydrogens is 232 g/mol. The average molecular weight is 252 g/mol. The molecular formula is C11H20N6O. The van der Waals surface area contributed by atoms with E-state index in [1.165, 1.54) is 26.4 Å². The standard InChI is InChI=1S/C11H20N6O/c1-7-3-4-8(5-7)6-13-9-14-10(17-12)16-11(15-9)18-2/h7-8H,3-6,12H2,1-2H3,(H2,13,14,15,16,17). The van der Waals surface area contributed by atoms with E-state index in [-0.39, 0.29) is 6.01 Å².